The van der Waals surface area contributed by atoms with Crippen LogP contribution in [0.3, 0.4) is 0 Å². The van der Waals surface area contributed by atoms with Crippen molar-refractivity contribution < 1.29 is 18.6 Å². The van der Waals surface area contributed by atoms with Gasteiger partial charge in [0.1, 0.15) is 16.3 Å². The summed E-state index contributed by atoms with van der Waals surface area (Å²) in [5, 5.41) is 21.2. The van der Waals surface area contributed by atoms with Gasteiger partial charge < -0.3 is 15.5 Å². The van der Waals surface area contributed by atoms with Gasteiger partial charge in [-0.25, -0.2) is 13.4 Å². The van der Waals surface area contributed by atoms with Crippen molar-refractivity contribution >= 4 is 15.7 Å². The number of nitrogens with one attached hydrogen (secondary N) is 1. The van der Waals surface area contributed by atoms with Gasteiger partial charge in [-0.3, -0.25) is 0 Å². The Balaban J connectivity index is 2.93. The maximum absolute atomic E-state index is 11.5. The predicted molar refractivity (Wildman–Crippen MR) is 63.5 cm³/mol. The second-order valence-corrected chi connectivity index (χ2v) is 6.12. The fourth-order valence-corrected chi connectivity index (χ4v) is 1.95. The van der Waals surface area contributed by atoms with Gasteiger partial charge in [0.15, 0.2) is 9.84 Å². The summed E-state index contributed by atoms with van der Waals surface area (Å²) in [6.45, 7) is 1.01. The average molecular weight is 260 g/mol. The lowest BCUT2D eigenvalue weighted by molar-refractivity contribution is 0.0131. The standard InChI is InChI=1S/C10H16N2O4S/c1-10(14,7-13)6-12-9-8(17(2,15)16)4-3-5-11-9/h3-5,13-14H,6-7H2,1-2H3,(H,11,12). The molecule has 17 heavy (non-hydrogen) atoms. The van der Waals surface area contributed by atoms with Crippen molar-refractivity contribution in [2.24, 2.45) is 0 Å². The highest BCUT2D eigenvalue weighted by Crippen LogP contribution is 2.18. The van der Waals surface area contributed by atoms with E-state index in [-0.39, 0.29) is 17.3 Å². The summed E-state index contributed by atoms with van der Waals surface area (Å²) in [6, 6.07) is 2.95. The van der Waals surface area contributed by atoms with Crippen molar-refractivity contribution in [1.82, 2.24) is 4.98 Å². The lowest BCUT2D eigenvalue weighted by Crippen LogP contribution is -2.37. The van der Waals surface area contributed by atoms with Crippen LogP contribution >= 0.6 is 0 Å². The monoisotopic (exact) mass is 260 g/mol. The quantitative estimate of drug-likeness (QED) is 0.668. The van der Waals surface area contributed by atoms with Crippen molar-refractivity contribution in [3.8, 4) is 0 Å². The van der Waals surface area contributed by atoms with Crippen LogP contribution in [0.1, 0.15) is 6.92 Å². The first kappa shape index (κ1) is 13.9. The first-order chi connectivity index (χ1) is 7.76. The zero-order valence-electron chi connectivity index (χ0n) is 9.71. The van der Waals surface area contributed by atoms with Gasteiger partial charge in [0.2, 0.25) is 0 Å². The SMILES string of the molecule is CC(O)(CO)CNc1ncccc1S(C)(=O)=O. The van der Waals surface area contributed by atoms with E-state index in [4.69, 9.17) is 5.11 Å². The van der Waals surface area contributed by atoms with E-state index < -0.39 is 22.0 Å². The van der Waals surface area contributed by atoms with Crippen molar-refractivity contribution in [2.45, 2.75) is 17.4 Å². The van der Waals surface area contributed by atoms with Crippen molar-refractivity contribution in [3.63, 3.8) is 0 Å². The molecule has 6 nitrogen and oxygen atoms in total. The molecule has 0 aliphatic rings. The highest BCUT2D eigenvalue weighted by molar-refractivity contribution is 7.90. The second kappa shape index (κ2) is 4.99. The van der Waals surface area contributed by atoms with Gasteiger partial charge in [0, 0.05) is 19.0 Å². The molecule has 0 bridgehead atoms. The number of rotatable bonds is 5. The van der Waals surface area contributed by atoms with E-state index in [1.54, 1.807) is 0 Å². The molecule has 1 heterocycles. The molecule has 0 spiro atoms. The van der Waals surface area contributed by atoms with Gasteiger partial charge in [-0.2, -0.15) is 0 Å². The molecule has 96 valence electrons. The highest BCUT2D eigenvalue weighted by atomic mass is 32.2. The first-order valence-electron chi connectivity index (χ1n) is 4.98. The predicted octanol–water partition coefficient (Wildman–Crippen LogP) is -0.360. The number of hydrogen-bond acceptors (Lipinski definition) is 6. The molecule has 0 saturated carbocycles. The van der Waals surface area contributed by atoms with Crippen LogP contribution in [0, 0.1) is 0 Å². The van der Waals surface area contributed by atoms with Gasteiger partial charge in [0.25, 0.3) is 0 Å². The molecule has 7 heteroatoms. The molecule has 1 rings (SSSR count). The number of nitrogens with zero attached hydrogens (tertiary/aromatic N) is 1. The maximum Gasteiger partial charge on any atom is 0.179 e. The fraction of sp³-hybridized carbons (Fsp3) is 0.500. The van der Waals surface area contributed by atoms with Crippen LogP contribution in [0.25, 0.3) is 0 Å². The van der Waals surface area contributed by atoms with Crippen molar-refractivity contribution in [3.05, 3.63) is 18.3 Å². The average Bonchev–Trinajstić information content (AvgIpc) is 2.26. The molecular weight excluding hydrogens is 244 g/mol. The van der Waals surface area contributed by atoms with Crippen LogP contribution in [0.5, 0.6) is 0 Å². The summed E-state index contributed by atoms with van der Waals surface area (Å²) >= 11 is 0. The number of hydrogen-bond donors (Lipinski definition) is 3. The minimum absolute atomic E-state index is 0.00301. The van der Waals surface area contributed by atoms with E-state index in [0.29, 0.717) is 0 Å². The number of aliphatic hydroxyl groups excluding tert-OH is 1. The Bertz CT molecular complexity index is 485. The number of aromatic nitrogens is 1. The van der Waals surface area contributed by atoms with Gasteiger partial charge >= 0.3 is 0 Å². The molecule has 0 aliphatic carbocycles. The van der Waals surface area contributed by atoms with Crippen LogP contribution < -0.4 is 5.32 Å². The summed E-state index contributed by atoms with van der Waals surface area (Å²) in [4.78, 5) is 3.96. The molecule has 0 fully saturated rings. The molecule has 0 radical (unpaired) electrons. The number of sulfone groups is 1. The topological polar surface area (TPSA) is 99.5 Å². The molecule has 1 aromatic heterocycles. The summed E-state index contributed by atoms with van der Waals surface area (Å²) in [7, 11) is -3.38. The lowest BCUT2D eigenvalue weighted by atomic mass is 10.1. The molecule has 1 atom stereocenters. The van der Waals surface area contributed by atoms with Gasteiger partial charge in [0.05, 0.1) is 6.61 Å². The molecular formula is C10H16N2O4S. The van der Waals surface area contributed by atoms with Crippen LogP contribution in [-0.2, 0) is 9.84 Å². The Labute approximate surface area is 100 Å². The maximum atomic E-state index is 11.5. The molecule has 0 aliphatic heterocycles. The normalized spacial score (nSPS) is 15.3. The van der Waals surface area contributed by atoms with E-state index >= 15 is 0 Å². The summed E-state index contributed by atoms with van der Waals surface area (Å²) < 4.78 is 22.9. The molecule has 1 aromatic rings. The zero-order chi connectivity index (χ0) is 13.1. The number of anilines is 1. The Morgan fingerprint density at radius 2 is 2.18 bits per heavy atom. The zero-order valence-corrected chi connectivity index (χ0v) is 10.5. The second-order valence-electron chi connectivity index (χ2n) is 4.13. The van der Waals surface area contributed by atoms with Gasteiger partial charge in [-0.1, -0.05) is 0 Å². The first-order valence-corrected chi connectivity index (χ1v) is 6.87. The van der Waals surface area contributed by atoms with Crippen LogP contribution in [0.15, 0.2) is 23.2 Å². The van der Waals surface area contributed by atoms with E-state index in [2.05, 4.69) is 10.3 Å². The Kier molecular flexibility index (Phi) is 4.07. The van der Waals surface area contributed by atoms with E-state index in [0.717, 1.165) is 6.26 Å². The molecule has 0 aromatic carbocycles. The van der Waals surface area contributed by atoms with Crippen LogP contribution in [0.4, 0.5) is 5.82 Å². The highest BCUT2D eigenvalue weighted by Gasteiger charge is 2.21. The van der Waals surface area contributed by atoms with Crippen LogP contribution in [0.2, 0.25) is 0 Å². The van der Waals surface area contributed by atoms with Gasteiger partial charge in [-0.15, -0.1) is 0 Å². The summed E-state index contributed by atoms with van der Waals surface area (Å²) in [5.74, 6) is 0.170. The van der Waals surface area contributed by atoms with E-state index in [1.165, 1.54) is 25.3 Å². The molecule has 3 N–H and O–H groups in total. The fourth-order valence-electron chi connectivity index (χ4n) is 1.15. The molecule has 0 saturated heterocycles. The molecule has 0 amide bonds. The van der Waals surface area contributed by atoms with Crippen molar-refractivity contribution in [1.29, 1.82) is 0 Å². The van der Waals surface area contributed by atoms with Crippen molar-refractivity contribution in [2.75, 3.05) is 24.7 Å². The molecule has 1 unspecified atom stereocenters. The number of pyridine rings is 1. The summed E-state index contributed by atoms with van der Waals surface area (Å²) in [5.41, 5.74) is -1.33. The Hall–Kier alpha value is -1.18. The summed E-state index contributed by atoms with van der Waals surface area (Å²) in [6.07, 6.45) is 2.53. The number of aliphatic hydroxyl groups is 2. The largest absolute Gasteiger partial charge is 0.393 e. The minimum atomic E-state index is -3.38. The third-order valence-corrected chi connectivity index (χ3v) is 3.28. The third-order valence-electron chi connectivity index (χ3n) is 2.15. The minimum Gasteiger partial charge on any atom is -0.393 e. The third kappa shape index (κ3) is 3.95. The van der Waals surface area contributed by atoms with E-state index in [9.17, 15) is 13.5 Å². The van der Waals surface area contributed by atoms with Gasteiger partial charge in [-0.05, 0) is 19.1 Å². The Morgan fingerprint density at radius 1 is 1.53 bits per heavy atom. The lowest BCUT2D eigenvalue weighted by Gasteiger charge is -2.21. The van der Waals surface area contributed by atoms with E-state index in [1.807, 2.05) is 0 Å². The Morgan fingerprint density at radius 3 is 2.71 bits per heavy atom. The smallest absolute Gasteiger partial charge is 0.179 e. The van der Waals surface area contributed by atoms with Crippen LogP contribution in [-0.4, -0.2) is 48.6 Å².